The van der Waals surface area contributed by atoms with Crippen molar-refractivity contribution >= 4 is 11.9 Å². The van der Waals surface area contributed by atoms with Gasteiger partial charge in [-0.05, 0) is 58.9 Å². The number of carbonyl (C=O) groups is 2. The number of aromatic carboxylic acids is 1. The van der Waals surface area contributed by atoms with E-state index >= 15 is 0 Å². The SMILES string of the molecule is Cc1nn(C(C)(C)C)cc1C(C)NC(=O)c1ccc(C(=O)O)cc1. The molecule has 6 nitrogen and oxygen atoms in total. The van der Waals surface area contributed by atoms with Crippen LogP contribution in [0.5, 0.6) is 0 Å². The van der Waals surface area contributed by atoms with Gasteiger partial charge in [0.1, 0.15) is 0 Å². The summed E-state index contributed by atoms with van der Waals surface area (Å²) in [6, 6.07) is 5.66. The minimum Gasteiger partial charge on any atom is -0.478 e. The molecule has 1 heterocycles. The smallest absolute Gasteiger partial charge is 0.335 e. The Bertz CT molecular complexity index is 755. The van der Waals surface area contributed by atoms with Gasteiger partial charge in [0.15, 0.2) is 0 Å². The van der Waals surface area contributed by atoms with Crippen molar-refractivity contribution in [1.82, 2.24) is 15.1 Å². The molecule has 2 N–H and O–H groups in total. The van der Waals surface area contributed by atoms with E-state index in [1.807, 2.05) is 24.7 Å². The summed E-state index contributed by atoms with van der Waals surface area (Å²) in [6.45, 7) is 10.0. The Morgan fingerprint density at radius 2 is 1.71 bits per heavy atom. The fraction of sp³-hybridized carbons (Fsp3) is 0.389. The average molecular weight is 329 g/mol. The molecule has 1 aromatic carbocycles. The highest BCUT2D eigenvalue weighted by Crippen LogP contribution is 2.21. The van der Waals surface area contributed by atoms with Gasteiger partial charge in [-0.3, -0.25) is 9.48 Å². The number of rotatable bonds is 4. The van der Waals surface area contributed by atoms with Crippen LogP contribution in [-0.4, -0.2) is 26.8 Å². The van der Waals surface area contributed by atoms with E-state index in [4.69, 9.17) is 5.11 Å². The first-order valence-electron chi connectivity index (χ1n) is 7.80. The maximum Gasteiger partial charge on any atom is 0.335 e. The lowest BCUT2D eigenvalue weighted by Crippen LogP contribution is -2.27. The molecule has 0 fully saturated rings. The van der Waals surface area contributed by atoms with Crippen LogP contribution in [0.2, 0.25) is 0 Å². The number of aromatic nitrogens is 2. The zero-order chi connectivity index (χ0) is 18.1. The van der Waals surface area contributed by atoms with E-state index < -0.39 is 5.97 Å². The van der Waals surface area contributed by atoms with Gasteiger partial charge in [-0.1, -0.05) is 0 Å². The number of carboxylic acid groups (broad SMARTS) is 1. The molecule has 0 saturated carbocycles. The first-order valence-corrected chi connectivity index (χ1v) is 7.80. The van der Waals surface area contributed by atoms with Gasteiger partial charge in [-0.15, -0.1) is 0 Å². The molecule has 0 aliphatic rings. The Morgan fingerprint density at radius 3 is 2.17 bits per heavy atom. The number of carboxylic acids is 1. The van der Waals surface area contributed by atoms with Crippen LogP contribution < -0.4 is 5.32 Å². The zero-order valence-electron chi connectivity index (χ0n) is 14.6. The molecule has 24 heavy (non-hydrogen) atoms. The predicted octanol–water partition coefficient (Wildman–Crippen LogP) is 3.14. The fourth-order valence-electron chi connectivity index (χ4n) is 2.36. The van der Waals surface area contributed by atoms with Gasteiger partial charge in [0.25, 0.3) is 5.91 Å². The number of nitrogens with zero attached hydrogens (tertiary/aromatic N) is 2. The monoisotopic (exact) mass is 329 g/mol. The van der Waals surface area contributed by atoms with Crippen LogP contribution in [0, 0.1) is 6.92 Å². The summed E-state index contributed by atoms with van der Waals surface area (Å²) in [7, 11) is 0. The maximum atomic E-state index is 12.3. The van der Waals surface area contributed by atoms with Crippen molar-refractivity contribution in [2.75, 3.05) is 0 Å². The van der Waals surface area contributed by atoms with Gasteiger partial charge in [-0.25, -0.2) is 4.79 Å². The van der Waals surface area contributed by atoms with Crippen LogP contribution in [0.25, 0.3) is 0 Å². The Hall–Kier alpha value is -2.63. The van der Waals surface area contributed by atoms with Crippen LogP contribution in [0.15, 0.2) is 30.5 Å². The lowest BCUT2D eigenvalue weighted by molar-refractivity contribution is 0.0696. The highest BCUT2D eigenvalue weighted by molar-refractivity contribution is 5.96. The van der Waals surface area contributed by atoms with Gasteiger partial charge in [0.2, 0.25) is 0 Å². The van der Waals surface area contributed by atoms with Crippen molar-refractivity contribution in [3.8, 4) is 0 Å². The van der Waals surface area contributed by atoms with E-state index in [2.05, 4.69) is 31.2 Å². The molecule has 1 amide bonds. The van der Waals surface area contributed by atoms with Gasteiger partial charge >= 0.3 is 5.97 Å². The third-order valence-corrected chi connectivity index (χ3v) is 3.83. The Morgan fingerprint density at radius 1 is 1.17 bits per heavy atom. The number of hydrogen-bond donors (Lipinski definition) is 2. The summed E-state index contributed by atoms with van der Waals surface area (Å²) in [6.07, 6.45) is 1.95. The zero-order valence-corrected chi connectivity index (χ0v) is 14.6. The van der Waals surface area contributed by atoms with Gasteiger partial charge in [-0.2, -0.15) is 5.10 Å². The van der Waals surface area contributed by atoms with Crippen LogP contribution in [0.1, 0.15) is 65.7 Å². The second-order valence-electron chi connectivity index (χ2n) is 6.86. The minimum atomic E-state index is -1.01. The van der Waals surface area contributed by atoms with E-state index in [1.54, 1.807) is 0 Å². The molecule has 0 saturated heterocycles. The van der Waals surface area contributed by atoms with E-state index in [-0.39, 0.29) is 23.1 Å². The minimum absolute atomic E-state index is 0.126. The molecule has 0 spiro atoms. The second-order valence-corrected chi connectivity index (χ2v) is 6.86. The summed E-state index contributed by atoms with van der Waals surface area (Å²) >= 11 is 0. The number of amides is 1. The molecule has 0 aliphatic carbocycles. The van der Waals surface area contributed by atoms with Crippen LogP contribution >= 0.6 is 0 Å². The summed E-state index contributed by atoms with van der Waals surface area (Å²) in [4.78, 5) is 23.2. The molecule has 0 bridgehead atoms. The van der Waals surface area contributed by atoms with Crippen molar-refractivity contribution in [1.29, 1.82) is 0 Å². The Balaban J connectivity index is 2.14. The third-order valence-electron chi connectivity index (χ3n) is 3.83. The standard InChI is InChI=1S/C18H23N3O3/c1-11(15-10-21(18(3,4)5)20-12(15)2)19-16(22)13-6-8-14(9-7-13)17(23)24/h6-11H,1-5H3,(H,19,22)(H,23,24). The Labute approximate surface area is 141 Å². The molecular formula is C18H23N3O3. The molecule has 1 aromatic heterocycles. The lowest BCUT2D eigenvalue weighted by Gasteiger charge is -2.19. The number of hydrogen-bond acceptors (Lipinski definition) is 3. The molecule has 0 aliphatic heterocycles. The highest BCUT2D eigenvalue weighted by Gasteiger charge is 2.20. The molecular weight excluding hydrogens is 306 g/mol. The average Bonchev–Trinajstić information content (AvgIpc) is 2.89. The predicted molar refractivity (Wildman–Crippen MR) is 91.2 cm³/mol. The van der Waals surface area contributed by atoms with Crippen molar-refractivity contribution in [3.63, 3.8) is 0 Å². The number of carbonyl (C=O) groups excluding carboxylic acids is 1. The van der Waals surface area contributed by atoms with Gasteiger partial charge in [0.05, 0.1) is 22.8 Å². The van der Waals surface area contributed by atoms with Crippen LogP contribution in [0.4, 0.5) is 0 Å². The summed E-state index contributed by atoms with van der Waals surface area (Å²) in [5, 5.41) is 16.3. The number of nitrogens with one attached hydrogen (secondary N) is 1. The van der Waals surface area contributed by atoms with Crippen molar-refractivity contribution < 1.29 is 14.7 Å². The van der Waals surface area contributed by atoms with Crippen LogP contribution in [-0.2, 0) is 5.54 Å². The van der Waals surface area contributed by atoms with Gasteiger partial charge < -0.3 is 10.4 Å². The molecule has 6 heteroatoms. The molecule has 1 unspecified atom stereocenters. The molecule has 128 valence electrons. The maximum absolute atomic E-state index is 12.3. The van der Waals surface area contributed by atoms with Crippen molar-refractivity contribution in [2.45, 2.75) is 46.2 Å². The van der Waals surface area contributed by atoms with E-state index in [9.17, 15) is 9.59 Å². The topological polar surface area (TPSA) is 84.2 Å². The van der Waals surface area contributed by atoms with Crippen LogP contribution in [0.3, 0.4) is 0 Å². The van der Waals surface area contributed by atoms with Crippen molar-refractivity contribution in [2.24, 2.45) is 0 Å². The summed E-state index contributed by atoms with van der Waals surface area (Å²) < 4.78 is 1.89. The molecule has 1 atom stereocenters. The number of aryl methyl sites for hydroxylation is 1. The Kier molecular flexibility index (Phi) is 4.78. The lowest BCUT2D eigenvalue weighted by atomic mass is 10.1. The molecule has 2 aromatic rings. The first-order chi connectivity index (χ1) is 11.1. The number of benzene rings is 1. The first kappa shape index (κ1) is 17.7. The summed E-state index contributed by atoms with van der Waals surface area (Å²) in [5.41, 5.74) is 2.29. The fourth-order valence-corrected chi connectivity index (χ4v) is 2.36. The largest absolute Gasteiger partial charge is 0.478 e. The normalized spacial score (nSPS) is 12.7. The van der Waals surface area contributed by atoms with E-state index in [0.717, 1.165) is 11.3 Å². The quantitative estimate of drug-likeness (QED) is 0.902. The molecule has 2 rings (SSSR count). The van der Waals surface area contributed by atoms with Crippen molar-refractivity contribution in [3.05, 3.63) is 52.8 Å². The second kappa shape index (κ2) is 6.47. The van der Waals surface area contributed by atoms with E-state index in [0.29, 0.717) is 5.56 Å². The highest BCUT2D eigenvalue weighted by atomic mass is 16.4. The van der Waals surface area contributed by atoms with E-state index in [1.165, 1.54) is 24.3 Å². The summed E-state index contributed by atoms with van der Waals surface area (Å²) in [5.74, 6) is -1.26. The third kappa shape index (κ3) is 3.82. The van der Waals surface area contributed by atoms with Gasteiger partial charge in [0, 0.05) is 17.3 Å². The molecule has 0 radical (unpaired) electrons.